The van der Waals surface area contributed by atoms with E-state index in [0.717, 1.165) is 4.31 Å². The van der Waals surface area contributed by atoms with Crippen LogP contribution in [0.5, 0.6) is 0 Å². The number of halogens is 3. The summed E-state index contributed by atoms with van der Waals surface area (Å²) >= 11 is 0. The maximum absolute atomic E-state index is 13.1. The molecule has 2 aliphatic heterocycles. The summed E-state index contributed by atoms with van der Waals surface area (Å²) in [6, 6.07) is 0. The van der Waals surface area contributed by atoms with Gasteiger partial charge in [0.2, 0.25) is 10.0 Å². The van der Waals surface area contributed by atoms with Crippen LogP contribution in [0.25, 0.3) is 0 Å². The van der Waals surface area contributed by atoms with Crippen LogP contribution in [-0.4, -0.2) is 57.2 Å². The van der Waals surface area contributed by atoms with Gasteiger partial charge in [0.15, 0.2) is 0 Å². The monoisotopic (exact) mass is 377 g/mol. The van der Waals surface area contributed by atoms with Crippen LogP contribution in [0.4, 0.5) is 13.2 Å². The molecule has 2 rings (SSSR count). The average Bonchev–Trinajstić information content (AvgIpc) is 2.35. The summed E-state index contributed by atoms with van der Waals surface area (Å²) in [4.78, 5) is 0. The number of alkyl halides is 3. The molecule has 2 aliphatic rings. The van der Waals surface area contributed by atoms with E-state index in [2.05, 4.69) is 0 Å². The highest BCUT2D eigenvalue weighted by molar-refractivity contribution is 7.92. The predicted octanol–water partition coefficient (Wildman–Crippen LogP) is 1.80. The summed E-state index contributed by atoms with van der Waals surface area (Å²) in [7, 11) is -6.96. The predicted molar refractivity (Wildman–Crippen MR) is 80.1 cm³/mol. The Morgan fingerprint density at radius 2 is 1.61 bits per heavy atom. The minimum absolute atomic E-state index is 0.0181. The van der Waals surface area contributed by atoms with E-state index in [1.807, 2.05) is 0 Å². The summed E-state index contributed by atoms with van der Waals surface area (Å²) in [5, 5.41) is -0.815. The van der Waals surface area contributed by atoms with E-state index in [4.69, 9.17) is 0 Å². The van der Waals surface area contributed by atoms with Gasteiger partial charge in [-0.3, -0.25) is 0 Å². The van der Waals surface area contributed by atoms with Crippen LogP contribution < -0.4 is 0 Å². The molecule has 136 valence electrons. The van der Waals surface area contributed by atoms with Gasteiger partial charge in [0, 0.05) is 13.1 Å². The zero-order valence-electron chi connectivity index (χ0n) is 13.1. The van der Waals surface area contributed by atoms with Crippen molar-refractivity contribution in [2.24, 2.45) is 11.3 Å². The second kappa shape index (κ2) is 5.87. The van der Waals surface area contributed by atoms with Crippen LogP contribution in [-0.2, 0) is 19.9 Å². The van der Waals surface area contributed by atoms with Gasteiger partial charge in [-0.1, -0.05) is 13.8 Å². The Morgan fingerprint density at radius 3 is 2.04 bits per heavy atom. The highest BCUT2D eigenvalue weighted by Crippen LogP contribution is 2.46. The zero-order valence-corrected chi connectivity index (χ0v) is 14.8. The Kier molecular flexibility index (Phi) is 4.85. The topological polar surface area (TPSA) is 71.5 Å². The van der Waals surface area contributed by atoms with Crippen molar-refractivity contribution >= 4 is 19.9 Å². The molecule has 0 saturated carbocycles. The van der Waals surface area contributed by atoms with Crippen molar-refractivity contribution < 1.29 is 30.0 Å². The Balaban J connectivity index is 2.14. The van der Waals surface area contributed by atoms with Crippen molar-refractivity contribution in [3.8, 4) is 0 Å². The number of hydrogen-bond donors (Lipinski definition) is 0. The van der Waals surface area contributed by atoms with Crippen LogP contribution in [0.2, 0.25) is 0 Å². The Morgan fingerprint density at radius 1 is 1.09 bits per heavy atom. The standard InChI is InChI=1S/C13H22F3NO4S2/c1-12(2)9-17(6-3-11(12)13(14,15)16)23(20,21)10-4-7-22(18,19)8-5-10/h10-11H,3-9H2,1-2H3. The van der Waals surface area contributed by atoms with E-state index in [0.29, 0.717) is 0 Å². The van der Waals surface area contributed by atoms with E-state index < -0.39 is 42.6 Å². The number of rotatable bonds is 2. The van der Waals surface area contributed by atoms with Crippen molar-refractivity contribution in [1.82, 2.24) is 4.31 Å². The summed E-state index contributed by atoms with van der Waals surface area (Å²) in [6.07, 6.45) is -4.58. The highest BCUT2D eigenvalue weighted by Gasteiger charge is 2.53. The number of sulfonamides is 1. The van der Waals surface area contributed by atoms with Gasteiger partial charge >= 0.3 is 6.18 Å². The highest BCUT2D eigenvalue weighted by atomic mass is 32.2. The van der Waals surface area contributed by atoms with E-state index in [1.54, 1.807) is 0 Å². The lowest BCUT2D eigenvalue weighted by Crippen LogP contribution is -2.54. The van der Waals surface area contributed by atoms with Crippen molar-refractivity contribution in [3.63, 3.8) is 0 Å². The fraction of sp³-hybridized carbons (Fsp3) is 1.00. The first kappa shape index (κ1) is 19.0. The first-order valence-corrected chi connectivity index (χ1v) is 10.8. The summed E-state index contributed by atoms with van der Waals surface area (Å²) in [6.45, 7) is 2.50. The first-order valence-electron chi connectivity index (χ1n) is 7.52. The Labute approximate surface area is 135 Å². The Hall–Kier alpha value is -0.350. The fourth-order valence-electron chi connectivity index (χ4n) is 3.51. The van der Waals surface area contributed by atoms with Crippen LogP contribution in [0, 0.1) is 11.3 Å². The molecule has 0 bridgehead atoms. The third-order valence-corrected chi connectivity index (χ3v) is 8.93. The SMILES string of the molecule is CC1(C)CN(S(=O)(=O)C2CCS(=O)(=O)CC2)CCC1C(F)(F)F. The quantitative estimate of drug-likeness (QED) is 0.736. The van der Waals surface area contributed by atoms with Crippen LogP contribution in [0.3, 0.4) is 0 Å². The number of hydrogen-bond acceptors (Lipinski definition) is 4. The summed E-state index contributed by atoms with van der Waals surface area (Å²) in [5.41, 5.74) is -1.20. The molecule has 0 aliphatic carbocycles. The van der Waals surface area contributed by atoms with Crippen molar-refractivity contribution in [2.45, 2.75) is 44.5 Å². The third-order valence-electron chi connectivity index (χ3n) is 4.87. The molecule has 2 heterocycles. The smallest absolute Gasteiger partial charge is 0.229 e. The van der Waals surface area contributed by atoms with Gasteiger partial charge in [0.1, 0.15) is 9.84 Å². The minimum Gasteiger partial charge on any atom is -0.229 e. The minimum atomic E-state index is -4.35. The van der Waals surface area contributed by atoms with E-state index in [-0.39, 0.29) is 43.9 Å². The van der Waals surface area contributed by atoms with Gasteiger partial charge in [-0.15, -0.1) is 0 Å². The molecule has 2 fully saturated rings. The molecule has 10 heteroatoms. The van der Waals surface area contributed by atoms with Crippen LogP contribution in [0.1, 0.15) is 33.1 Å². The maximum atomic E-state index is 13.1. The number of nitrogens with zero attached hydrogens (tertiary/aromatic N) is 1. The molecule has 0 aromatic rings. The molecule has 0 N–H and O–H groups in total. The van der Waals surface area contributed by atoms with Gasteiger partial charge in [0.25, 0.3) is 0 Å². The molecule has 23 heavy (non-hydrogen) atoms. The molecule has 0 aromatic heterocycles. The largest absolute Gasteiger partial charge is 0.392 e. The van der Waals surface area contributed by atoms with Crippen LogP contribution >= 0.6 is 0 Å². The Bertz CT molecular complexity index is 641. The van der Waals surface area contributed by atoms with Gasteiger partial charge in [-0.05, 0) is 24.7 Å². The normalized spacial score (nSPS) is 30.2. The lowest BCUT2D eigenvalue weighted by atomic mass is 9.74. The van der Waals surface area contributed by atoms with Crippen LogP contribution in [0.15, 0.2) is 0 Å². The molecular formula is C13H22F3NO4S2. The second-order valence-electron chi connectivity index (χ2n) is 7.10. The molecule has 0 spiro atoms. The fourth-order valence-corrected chi connectivity index (χ4v) is 7.42. The third kappa shape index (κ3) is 4.01. The van der Waals surface area contributed by atoms with E-state index in [1.165, 1.54) is 13.8 Å². The molecule has 1 atom stereocenters. The average molecular weight is 377 g/mol. The molecule has 5 nitrogen and oxygen atoms in total. The van der Waals surface area contributed by atoms with Crippen molar-refractivity contribution in [3.05, 3.63) is 0 Å². The second-order valence-corrected chi connectivity index (χ2v) is 11.6. The molecular weight excluding hydrogens is 355 g/mol. The lowest BCUT2D eigenvalue weighted by molar-refractivity contribution is -0.213. The maximum Gasteiger partial charge on any atom is 0.392 e. The molecule has 1 unspecified atom stereocenters. The molecule has 0 aromatic carbocycles. The van der Waals surface area contributed by atoms with Gasteiger partial charge in [0.05, 0.1) is 22.7 Å². The number of sulfone groups is 1. The van der Waals surface area contributed by atoms with Gasteiger partial charge in [-0.2, -0.15) is 13.2 Å². The van der Waals surface area contributed by atoms with Gasteiger partial charge < -0.3 is 0 Å². The first-order chi connectivity index (χ1) is 10.3. The molecule has 0 radical (unpaired) electrons. The van der Waals surface area contributed by atoms with Crippen molar-refractivity contribution in [1.29, 1.82) is 0 Å². The summed E-state index contributed by atoms with van der Waals surface area (Å²) in [5.74, 6) is -1.90. The molecule has 0 amide bonds. The van der Waals surface area contributed by atoms with E-state index in [9.17, 15) is 30.0 Å². The zero-order chi connectivity index (χ0) is 17.7. The van der Waals surface area contributed by atoms with Gasteiger partial charge in [-0.25, -0.2) is 21.1 Å². The lowest BCUT2D eigenvalue weighted by Gasteiger charge is -2.45. The molecule has 2 saturated heterocycles. The number of piperidine rings is 1. The van der Waals surface area contributed by atoms with Crippen molar-refractivity contribution in [2.75, 3.05) is 24.6 Å². The summed E-state index contributed by atoms with van der Waals surface area (Å²) < 4.78 is 88.5. The van der Waals surface area contributed by atoms with E-state index >= 15 is 0 Å².